The van der Waals surface area contributed by atoms with E-state index in [9.17, 15) is 8.42 Å². The van der Waals surface area contributed by atoms with Crippen LogP contribution in [0.2, 0.25) is 0 Å². The summed E-state index contributed by atoms with van der Waals surface area (Å²) in [5.41, 5.74) is 0. The van der Waals surface area contributed by atoms with E-state index in [1.807, 2.05) is 18.7 Å². The van der Waals surface area contributed by atoms with Crippen LogP contribution >= 0.6 is 0 Å². The molecule has 0 rings (SSSR count). The first-order chi connectivity index (χ1) is 5.48. The summed E-state index contributed by atoms with van der Waals surface area (Å²) in [5.74, 6) is 0.521. The summed E-state index contributed by atoms with van der Waals surface area (Å²) in [5, 5.41) is 0. The van der Waals surface area contributed by atoms with Crippen LogP contribution in [-0.2, 0) is 14.9 Å². The minimum Gasteiger partial charge on any atom is -0.287 e. The van der Waals surface area contributed by atoms with Crippen molar-refractivity contribution in [1.82, 2.24) is 4.89 Å². The number of nitrogens with one attached hydrogen (secondary N) is 1. The first-order valence-corrected chi connectivity index (χ1v) is 5.74. The van der Waals surface area contributed by atoms with E-state index in [1.165, 1.54) is 0 Å². The van der Waals surface area contributed by atoms with Gasteiger partial charge in [0.1, 0.15) is 0 Å². The van der Waals surface area contributed by atoms with Crippen LogP contribution in [0.25, 0.3) is 0 Å². The van der Waals surface area contributed by atoms with Crippen LogP contribution in [0.15, 0.2) is 0 Å². The Bertz CT molecular complexity index is 199. The van der Waals surface area contributed by atoms with Gasteiger partial charge in [-0.25, -0.2) is 8.42 Å². The fourth-order valence-corrected chi connectivity index (χ4v) is 1.74. The highest BCUT2D eigenvalue weighted by Gasteiger charge is 2.10. The minimum absolute atomic E-state index is 0.130. The highest BCUT2D eigenvalue weighted by atomic mass is 32.2. The molecule has 0 amide bonds. The average Bonchev–Trinajstić information content (AvgIpc) is 1.98. The highest BCUT2D eigenvalue weighted by Crippen LogP contribution is 2.01. The van der Waals surface area contributed by atoms with E-state index in [1.54, 1.807) is 6.92 Å². The van der Waals surface area contributed by atoms with Crippen molar-refractivity contribution in [3.8, 4) is 0 Å². The molecule has 0 atom stereocenters. The van der Waals surface area contributed by atoms with Gasteiger partial charge >= 0.3 is 0 Å². The fraction of sp³-hybridized carbons (Fsp3) is 1.00. The maximum Gasteiger partial charge on any atom is 0.233 e. The molecule has 0 fully saturated rings. The standard InChI is InChI=1S/C7H17NO3S/c1-4-11-8-12(9,10)6-5-7(2)3/h7-8H,4-6H2,1-3H3. The molecule has 4 nitrogen and oxygen atoms in total. The van der Waals surface area contributed by atoms with Gasteiger partial charge in [0, 0.05) is 0 Å². The lowest BCUT2D eigenvalue weighted by atomic mass is 10.2. The Morgan fingerprint density at radius 3 is 2.42 bits per heavy atom. The molecule has 0 spiro atoms. The van der Waals surface area contributed by atoms with Crippen LogP contribution < -0.4 is 4.89 Å². The molecule has 0 aliphatic carbocycles. The summed E-state index contributed by atoms with van der Waals surface area (Å²) in [6.07, 6.45) is 0.655. The van der Waals surface area contributed by atoms with E-state index in [0.717, 1.165) is 0 Å². The Balaban J connectivity index is 3.73. The van der Waals surface area contributed by atoms with Gasteiger partial charge in [0.2, 0.25) is 10.0 Å². The van der Waals surface area contributed by atoms with Gasteiger partial charge in [-0.2, -0.15) is 0 Å². The Kier molecular flexibility index (Phi) is 5.44. The Morgan fingerprint density at radius 1 is 1.42 bits per heavy atom. The Labute approximate surface area is 74.3 Å². The van der Waals surface area contributed by atoms with Crippen molar-refractivity contribution in [2.75, 3.05) is 12.4 Å². The van der Waals surface area contributed by atoms with Crippen molar-refractivity contribution in [3.63, 3.8) is 0 Å². The Morgan fingerprint density at radius 2 is 2.00 bits per heavy atom. The number of hydrogen-bond donors (Lipinski definition) is 1. The van der Waals surface area contributed by atoms with Crippen molar-refractivity contribution in [1.29, 1.82) is 0 Å². The number of sulfonamides is 1. The summed E-state index contributed by atoms with van der Waals surface area (Å²) in [6.45, 7) is 6.04. The van der Waals surface area contributed by atoms with Crippen LogP contribution in [0.4, 0.5) is 0 Å². The van der Waals surface area contributed by atoms with Gasteiger partial charge in [0.05, 0.1) is 12.4 Å². The third-order valence-corrected chi connectivity index (χ3v) is 2.44. The van der Waals surface area contributed by atoms with Crippen LogP contribution in [0.5, 0.6) is 0 Å². The number of rotatable bonds is 6. The van der Waals surface area contributed by atoms with Gasteiger partial charge in [-0.05, 0) is 19.3 Å². The van der Waals surface area contributed by atoms with Crippen molar-refractivity contribution < 1.29 is 13.3 Å². The average molecular weight is 195 g/mol. The lowest BCUT2D eigenvalue weighted by Crippen LogP contribution is -2.27. The van der Waals surface area contributed by atoms with Crippen LogP contribution in [0, 0.1) is 5.92 Å². The van der Waals surface area contributed by atoms with E-state index in [0.29, 0.717) is 18.9 Å². The molecule has 0 aromatic carbocycles. The van der Waals surface area contributed by atoms with Crippen molar-refractivity contribution in [2.45, 2.75) is 27.2 Å². The van der Waals surface area contributed by atoms with Gasteiger partial charge < -0.3 is 0 Å². The smallest absolute Gasteiger partial charge is 0.233 e. The maximum absolute atomic E-state index is 11.1. The molecule has 0 heterocycles. The van der Waals surface area contributed by atoms with Gasteiger partial charge in [0.15, 0.2) is 0 Å². The third-order valence-electron chi connectivity index (χ3n) is 1.29. The lowest BCUT2D eigenvalue weighted by Gasteiger charge is -2.06. The second kappa shape index (κ2) is 5.50. The van der Waals surface area contributed by atoms with Crippen LogP contribution in [-0.4, -0.2) is 20.8 Å². The molecule has 0 saturated heterocycles. The fourth-order valence-electron chi connectivity index (χ4n) is 0.581. The Hall–Kier alpha value is -0.130. The molecule has 5 heteroatoms. The quantitative estimate of drug-likeness (QED) is 0.641. The molecule has 74 valence electrons. The highest BCUT2D eigenvalue weighted by molar-refractivity contribution is 7.89. The van der Waals surface area contributed by atoms with E-state index in [2.05, 4.69) is 4.84 Å². The van der Waals surface area contributed by atoms with Gasteiger partial charge in [-0.15, -0.1) is 0 Å². The summed E-state index contributed by atoms with van der Waals surface area (Å²) in [7, 11) is -3.21. The van der Waals surface area contributed by atoms with Crippen molar-refractivity contribution in [2.24, 2.45) is 5.92 Å². The SMILES string of the molecule is CCONS(=O)(=O)CCC(C)C. The molecule has 0 radical (unpaired) electrons. The second-order valence-corrected chi connectivity index (χ2v) is 4.82. The van der Waals surface area contributed by atoms with E-state index in [4.69, 9.17) is 0 Å². The molecule has 0 aromatic rings. The predicted octanol–water partition coefficient (Wildman–Crippen LogP) is 0.903. The van der Waals surface area contributed by atoms with Crippen molar-refractivity contribution >= 4 is 10.0 Å². The molecule has 0 aliphatic heterocycles. The van der Waals surface area contributed by atoms with Gasteiger partial charge in [-0.1, -0.05) is 18.7 Å². The van der Waals surface area contributed by atoms with Gasteiger partial charge in [0.25, 0.3) is 0 Å². The molecule has 0 bridgehead atoms. The van der Waals surface area contributed by atoms with Crippen LogP contribution in [0.1, 0.15) is 27.2 Å². The summed E-state index contributed by atoms with van der Waals surface area (Å²) >= 11 is 0. The number of hydrogen-bond acceptors (Lipinski definition) is 3. The molecule has 0 unspecified atom stereocenters. The lowest BCUT2D eigenvalue weighted by molar-refractivity contribution is 0.105. The largest absolute Gasteiger partial charge is 0.287 e. The molecular weight excluding hydrogens is 178 g/mol. The summed E-state index contributed by atoms with van der Waals surface area (Å²) in [4.78, 5) is 6.63. The second-order valence-electron chi connectivity index (χ2n) is 3.02. The molecule has 1 N–H and O–H groups in total. The van der Waals surface area contributed by atoms with Gasteiger partial charge in [-0.3, -0.25) is 4.84 Å². The molecule has 0 saturated carbocycles. The third kappa shape index (κ3) is 6.57. The maximum atomic E-state index is 11.1. The zero-order chi connectivity index (χ0) is 9.61. The van der Waals surface area contributed by atoms with E-state index in [-0.39, 0.29) is 5.75 Å². The van der Waals surface area contributed by atoms with E-state index < -0.39 is 10.0 Å². The topological polar surface area (TPSA) is 55.4 Å². The monoisotopic (exact) mass is 195 g/mol. The molecule has 12 heavy (non-hydrogen) atoms. The first-order valence-electron chi connectivity index (χ1n) is 4.09. The predicted molar refractivity (Wildman–Crippen MR) is 48.0 cm³/mol. The molecule has 0 aliphatic rings. The summed E-state index contributed by atoms with van der Waals surface area (Å²) in [6, 6.07) is 0. The minimum atomic E-state index is -3.21. The summed E-state index contributed by atoms with van der Waals surface area (Å²) < 4.78 is 22.1. The normalized spacial score (nSPS) is 12.3. The zero-order valence-electron chi connectivity index (χ0n) is 7.83. The van der Waals surface area contributed by atoms with Crippen LogP contribution in [0.3, 0.4) is 0 Å². The molecule has 0 aromatic heterocycles. The first kappa shape index (κ1) is 11.9. The van der Waals surface area contributed by atoms with E-state index >= 15 is 0 Å². The zero-order valence-corrected chi connectivity index (χ0v) is 8.65. The molecular formula is C7H17NO3S. The van der Waals surface area contributed by atoms with Crippen molar-refractivity contribution in [3.05, 3.63) is 0 Å².